The molecule has 2 nitrogen and oxygen atoms in total. The molecule has 1 spiro atoms. The fourth-order valence-electron chi connectivity index (χ4n) is 3.82. The summed E-state index contributed by atoms with van der Waals surface area (Å²) in [6.45, 7) is 6.58. The maximum absolute atomic E-state index is 6.18. The second-order valence-corrected chi connectivity index (χ2v) is 6.81. The van der Waals surface area contributed by atoms with Gasteiger partial charge in [0.25, 0.3) is 0 Å². The fourth-order valence-corrected chi connectivity index (χ4v) is 3.82. The van der Waals surface area contributed by atoms with Crippen LogP contribution in [0.3, 0.4) is 0 Å². The normalized spacial score (nSPS) is 29.5. The Balaban J connectivity index is 2.00. The van der Waals surface area contributed by atoms with Gasteiger partial charge in [-0.2, -0.15) is 0 Å². The first-order chi connectivity index (χ1) is 8.08. The third-order valence-corrected chi connectivity index (χ3v) is 5.15. The molecule has 100 valence electrons. The molecule has 2 heteroatoms. The minimum absolute atomic E-state index is 0.243. The smallest absolute Gasteiger partial charge is 0.0685 e. The maximum Gasteiger partial charge on any atom is 0.0685 e. The SMILES string of the molecule is CC(C)(CCN)C1CCOC2(CCCCC2)C1. The first-order valence-electron chi connectivity index (χ1n) is 7.42. The van der Waals surface area contributed by atoms with Crippen LogP contribution in [0.4, 0.5) is 0 Å². The van der Waals surface area contributed by atoms with Gasteiger partial charge in [-0.15, -0.1) is 0 Å². The van der Waals surface area contributed by atoms with Crippen LogP contribution < -0.4 is 5.73 Å². The van der Waals surface area contributed by atoms with Crippen LogP contribution in [0.2, 0.25) is 0 Å². The van der Waals surface area contributed by atoms with Gasteiger partial charge in [0.2, 0.25) is 0 Å². The van der Waals surface area contributed by atoms with Gasteiger partial charge in [0, 0.05) is 6.61 Å². The molecule has 1 unspecified atom stereocenters. The summed E-state index contributed by atoms with van der Waals surface area (Å²) in [4.78, 5) is 0. The topological polar surface area (TPSA) is 35.2 Å². The number of ether oxygens (including phenoxy) is 1. The summed E-state index contributed by atoms with van der Waals surface area (Å²) < 4.78 is 6.18. The zero-order chi connectivity index (χ0) is 12.4. The van der Waals surface area contributed by atoms with E-state index in [4.69, 9.17) is 10.5 Å². The third-order valence-electron chi connectivity index (χ3n) is 5.15. The first kappa shape index (κ1) is 13.4. The summed E-state index contributed by atoms with van der Waals surface area (Å²) in [5, 5.41) is 0. The highest BCUT2D eigenvalue weighted by atomic mass is 16.5. The Morgan fingerprint density at radius 3 is 2.59 bits per heavy atom. The van der Waals surface area contributed by atoms with Crippen LogP contribution >= 0.6 is 0 Å². The van der Waals surface area contributed by atoms with E-state index in [1.165, 1.54) is 44.9 Å². The maximum atomic E-state index is 6.18. The van der Waals surface area contributed by atoms with Crippen molar-refractivity contribution in [3.8, 4) is 0 Å². The lowest BCUT2D eigenvalue weighted by Gasteiger charge is -2.48. The molecule has 1 aliphatic heterocycles. The van der Waals surface area contributed by atoms with E-state index >= 15 is 0 Å². The van der Waals surface area contributed by atoms with Crippen LogP contribution in [0.5, 0.6) is 0 Å². The predicted octanol–water partition coefficient (Wildman–Crippen LogP) is 3.49. The quantitative estimate of drug-likeness (QED) is 0.818. The number of rotatable bonds is 3. The van der Waals surface area contributed by atoms with Gasteiger partial charge in [-0.05, 0) is 50.0 Å². The third kappa shape index (κ3) is 3.03. The summed E-state index contributed by atoms with van der Waals surface area (Å²) in [7, 11) is 0. The van der Waals surface area contributed by atoms with Crippen LogP contribution in [0.25, 0.3) is 0 Å². The first-order valence-corrected chi connectivity index (χ1v) is 7.42. The molecule has 0 amide bonds. The molecule has 2 fully saturated rings. The lowest BCUT2D eigenvalue weighted by Crippen LogP contribution is -2.45. The second kappa shape index (κ2) is 5.27. The van der Waals surface area contributed by atoms with Gasteiger partial charge in [-0.25, -0.2) is 0 Å². The molecular weight excluding hydrogens is 210 g/mol. The van der Waals surface area contributed by atoms with E-state index in [0.717, 1.165) is 25.5 Å². The highest BCUT2D eigenvalue weighted by Gasteiger charge is 2.42. The monoisotopic (exact) mass is 239 g/mol. The van der Waals surface area contributed by atoms with E-state index in [9.17, 15) is 0 Å². The van der Waals surface area contributed by atoms with E-state index < -0.39 is 0 Å². The molecule has 2 aliphatic rings. The van der Waals surface area contributed by atoms with Gasteiger partial charge in [-0.3, -0.25) is 0 Å². The standard InChI is InChI=1S/C15H29NO/c1-14(2,9-10-16)13-6-11-17-15(12-13)7-4-3-5-8-15/h13H,3-12,16H2,1-2H3. The van der Waals surface area contributed by atoms with Crippen LogP contribution in [0.15, 0.2) is 0 Å². The van der Waals surface area contributed by atoms with Crippen LogP contribution in [-0.2, 0) is 4.74 Å². The summed E-state index contributed by atoms with van der Waals surface area (Å²) in [5.41, 5.74) is 6.39. The molecule has 0 bridgehead atoms. The van der Waals surface area contributed by atoms with Crippen molar-refractivity contribution < 1.29 is 4.74 Å². The van der Waals surface area contributed by atoms with Gasteiger partial charge < -0.3 is 10.5 Å². The molecule has 2 rings (SSSR count). The van der Waals surface area contributed by atoms with Crippen molar-refractivity contribution >= 4 is 0 Å². The lowest BCUT2D eigenvalue weighted by atomic mass is 9.66. The Kier molecular flexibility index (Phi) is 4.14. The Morgan fingerprint density at radius 2 is 1.94 bits per heavy atom. The zero-order valence-corrected chi connectivity index (χ0v) is 11.6. The van der Waals surface area contributed by atoms with E-state index in [1.54, 1.807) is 0 Å². The Morgan fingerprint density at radius 1 is 1.24 bits per heavy atom. The number of hydrogen-bond acceptors (Lipinski definition) is 2. The minimum atomic E-state index is 0.243. The average Bonchev–Trinajstić information content (AvgIpc) is 2.30. The zero-order valence-electron chi connectivity index (χ0n) is 11.6. The van der Waals surface area contributed by atoms with Crippen molar-refractivity contribution in [1.29, 1.82) is 0 Å². The van der Waals surface area contributed by atoms with Crippen LogP contribution in [0.1, 0.15) is 65.2 Å². The van der Waals surface area contributed by atoms with E-state index in [2.05, 4.69) is 13.8 Å². The van der Waals surface area contributed by atoms with Gasteiger partial charge in [0.1, 0.15) is 0 Å². The summed E-state index contributed by atoms with van der Waals surface area (Å²) in [6.07, 6.45) is 10.4. The Hall–Kier alpha value is -0.0800. The largest absolute Gasteiger partial charge is 0.375 e. The summed E-state index contributed by atoms with van der Waals surface area (Å²) >= 11 is 0. The average molecular weight is 239 g/mol. The van der Waals surface area contributed by atoms with E-state index in [-0.39, 0.29) is 5.60 Å². The molecule has 1 saturated carbocycles. The Bertz CT molecular complexity index is 238. The van der Waals surface area contributed by atoms with Gasteiger partial charge >= 0.3 is 0 Å². The summed E-state index contributed by atoms with van der Waals surface area (Å²) in [6, 6.07) is 0. The molecule has 1 saturated heterocycles. The summed E-state index contributed by atoms with van der Waals surface area (Å²) in [5.74, 6) is 0.804. The molecule has 17 heavy (non-hydrogen) atoms. The molecule has 1 atom stereocenters. The minimum Gasteiger partial charge on any atom is -0.375 e. The van der Waals surface area contributed by atoms with Crippen molar-refractivity contribution in [1.82, 2.24) is 0 Å². The van der Waals surface area contributed by atoms with Crippen molar-refractivity contribution in [3.05, 3.63) is 0 Å². The van der Waals surface area contributed by atoms with Gasteiger partial charge in [0.15, 0.2) is 0 Å². The van der Waals surface area contributed by atoms with E-state index in [1.807, 2.05) is 0 Å². The molecule has 2 N–H and O–H groups in total. The molecule has 1 heterocycles. The highest BCUT2D eigenvalue weighted by molar-refractivity contribution is 4.93. The molecule has 0 aromatic heterocycles. The molecule has 0 aromatic carbocycles. The van der Waals surface area contributed by atoms with Gasteiger partial charge in [-0.1, -0.05) is 33.1 Å². The second-order valence-electron chi connectivity index (χ2n) is 6.81. The number of nitrogens with two attached hydrogens (primary N) is 1. The lowest BCUT2D eigenvalue weighted by molar-refractivity contribution is -0.134. The van der Waals surface area contributed by atoms with E-state index in [0.29, 0.717) is 5.41 Å². The van der Waals surface area contributed by atoms with Crippen molar-refractivity contribution in [2.75, 3.05) is 13.2 Å². The van der Waals surface area contributed by atoms with Crippen molar-refractivity contribution in [2.45, 2.75) is 70.8 Å². The fraction of sp³-hybridized carbons (Fsp3) is 1.00. The van der Waals surface area contributed by atoms with Crippen molar-refractivity contribution in [3.63, 3.8) is 0 Å². The molecule has 0 aromatic rings. The Labute approximate surface area is 106 Å². The number of hydrogen-bond donors (Lipinski definition) is 1. The highest BCUT2D eigenvalue weighted by Crippen LogP contribution is 2.47. The van der Waals surface area contributed by atoms with Crippen LogP contribution in [0, 0.1) is 11.3 Å². The molecule has 0 radical (unpaired) electrons. The van der Waals surface area contributed by atoms with Gasteiger partial charge in [0.05, 0.1) is 5.60 Å². The predicted molar refractivity (Wildman–Crippen MR) is 71.9 cm³/mol. The molecule has 1 aliphatic carbocycles. The van der Waals surface area contributed by atoms with Crippen LogP contribution in [-0.4, -0.2) is 18.8 Å². The van der Waals surface area contributed by atoms with Crippen molar-refractivity contribution in [2.24, 2.45) is 17.1 Å². The molecular formula is C15H29NO.